The van der Waals surface area contributed by atoms with E-state index in [2.05, 4.69) is 15.0 Å². The van der Waals surface area contributed by atoms with E-state index in [4.69, 9.17) is 15.2 Å². The fourth-order valence-corrected chi connectivity index (χ4v) is 3.08. The number of carbonyl (C=O) groups excluding carboxylic acids is 1. The van der Waals surface area contributed by atoms with Gasteiger partial charge >= 0.3 is 5.69 Å². The molecule has 0 saturated carbocycles. The number of ether oxygens (including phenoxy) is 2. The average molecular weight is 409 g/mol. The highest BCUT2D eigenvalue weighted by Crippen LogP contribution is 2.29. The van der Waals surface area contributed by atoms with Crippen molar-refractivity contribution < 1.29 is 18.7 Å². The maximum Gasteiger partial charge on any atom is 0.332 e. The summed E-state index contributed by atoms with van der Waals surface area (Å²) in [5.74, 6) is -0.295. The summed E-state index contributed by atoms with van der Waals surface area (Å²) in [4.78, 5) is 36.0. The highest BCUT2D eigenvalue weighted by molar-refractivity contribution is 6.02. The van der Waals surface area contributed by atoms with Gasteiger partial charge in [-0.1, -0.05) is 0 Å². The van der Waals surface area contributed by atoms with Crippen LogP contribution in [0.15, 0.2) is 47.3 Å². The number of hydrogen-bond acceptors (Lipinski definition) is 6. The number of halogens is 1. The van der Waals surface area contributed by atoms with Gasteiger partial charge in [0.05, 0.1) is 19.9 Å². The highest BCUT2D eigenvalue weighted by atomic mass is 19.1. The predicted octanol–water partition coefficient (Wildman–Crippen LogP) is 2.03. The van der Waals surface area contributed by atoms with Crippen LogP contribution in [0.2, 0.25) is 0 Å². The molecule has 0 saturated heterocycles. The third-order valence-corrected chi connectivity index (χ3v) is 4.50. The number of carbonyl (C=O) groups is 1. The molecule has 10 heteroatoms. The number of aromatic amines is 1. The molecule has 0 atom stereocenters. The molecule has 2 heterocycles. The van der Waals surface area contributed by atoms with Gasteiger partial charge in [-0.15, -0.1) is 0 Å². The molecule has 9 nitrogen and oxygen atoms in total. The predicted molar refractivity (Wildman–Crippen MR) is 107 cm³/mol. The second kappa shape index (κ2) is 7.32. The molecule has 0 spiro atoms. The van der Waals surface area contributed by atoms with Gasteiger partial charge in [-0.05, 0) is 36.4 Å². The zero-order chi connectivity index (χ0) is 21.4. The van der Waals surface area contributed by atoms with Crippen molar-refractivity contribution in [3.8, 4) is 28.6 Å². The highest BCUT2D eigenvalue weighted by Gasteiger charge is 2.22. The summed E-state index contributed by atoms with van der Waals surface area (Å²) >= 11 is 0. The number of rotatable bonds is 5. The van der Waals surface area contributed by atoms with Crippen molar-refractivity contribution in [1.82, 2.24) is 19.5 Å². The van der Waals surface area contributed by atoms with Crippen LogP contribution in [0.5, 0.6) is 11.5 Å². The first-order valence-corrected chi connectivity index (χ1v) is 8.74. The molecule has 0 aliphatic rings. The van der Waals surface area contributed by atoms with Gasteiger partial charge < -0.3 is 20.2 Å². The SMILES string of the molecule is COc1ccc(-n2c(=O)[nH]c3c(C(N)=O)nc(-c4ccc(F)cc4)nc32)c(OC)c1. The van der Waals surface area contributed by atoms with E-state index in [0.29, 0.717) is 22.7 Å². The van der Waals surface area contributed by atoms with Crippen LogP contribution in [0.1, 0.15) is 10.5 Å². The summed E-state index contributed by atoms with van der Waals surface area (Å²) < 4.78 is 25.1. The van der Waals surface area contributed by atoms with Crippen LogP contribution in [-0.4, -0.2) is 39.6 Å². The Morgan fingerprint density at radius 2 is 1.83 bits per heavy atom. The molecule has 4 rings (SSSR count). The Morgan fingerprint density at radius 3 is 2.47 bits per heavy atom. The molecule has 2 aromatic carbocycles. The van der Waals surface area contributed by atoms with Gasteiger partial charge in [-0.25, -0.2) is 23.7 Å². The van der Waals surface area contributed by atoms with E-state index in [0.717, 1.165) is 0 Å². The lowest BCUT2D eigenvalue weighted by Gasteiger charge is -2.11. The molecule has 2 aromatic heterocycles. The van der Waals surface area contributed by atoms with E-state index in [9.17, 15) is 14.0 Å². The Kier molecular flexibility index (Phi) is 4.66. The van der Waals surface area contributed by atoms with Crippen molar-refractivity contribution in [3.63, 3.8) is 0 Å². The molecule has 0 bridgehead atoms. The molecule has 4 aromatic rings. The monoisotopic (exact) mass is 409 g/mol. The van der Waals surface area contributed by atoms with Crippen molar-refractivity contribution in [2.24, 2.45) is 5.73 Å². The minimum Gasteiger partial charge on any atom is -0.497 e. The molecule has 152 valence electrons. The molecule has 30 heavy (non-hydrogen) atoms. The third-order valence-electron chi connectivity index (χ3n) is 4.50. The fraction of sp³-hybridized carbons (Fsp3) is 0.100. The van der Waals surface area contributed by atoms with E-state index in [1.807, 2.05) is 0 Å². The van der Waals surface area contributed by atoms with Gasteiger partial charge in [0.25, 0.3) is 5.91 Å². The first-order chi connectivity index (χ1) is 14.4. The summed E-state index contributed by atoms with van der Waals surface area (Å²) in [5, 5.41) is 0. The fourth-order valence-electron chi connectivity index (χ4n) is 3.08. The Hall–Kier alpha value is -4.21. The first kappa shape index (κ1) is 19.1. The minimum absolute atomic E-state index is 0.0798. The second-order valence-corrected chi connectivity index (χ2v) is 6.27. The van der Waals surface area contributed by atoms with Gasteiger partial charge in [-0.2, -0.15) is 0 Å². The van der Waals surface area contributed by atoms with Crippen molar-refractivity contribution in [2.75, 3.05) is 14.2 Å². The van der Waals surface area contributed by atoms with Gasteiger partial charge in [0.1, 0.15) is 22.8 Å². The van der Waals surface area contributed by atoms with Gasteiger partial charge in [0, 0.05) is 11.6 Å². The number of nitrogens with two attached hydrogens (primary N) is 1. The number of nitrogens with one attached hydrogen (secondary N) is 1. The number of amides is 1. The Balaban J connectivity index is 2.04. The Labute approximate surface area is 168 Å². The van der Waals surface area contributed by atoms with Crippen LogP contribution in [-0.2, 0) is 0 Å². The number of H-pyrrole nitrogens is 1. The summed E-state index contributed by atoms with van der Waals surface area (Å²) in [6, 6.07) is 10.3. The number of aromatic nitrogens is 4. The van der Waals surface area contributed by atoms with Gasteiger partial charge in [0.2, 0.25) is 0 Å². The molecule has 0 fully saturated rings. The Bertz CT molecular complexity index is 1330. The van der Waals surface area contributed by atoms with Crippen molar-refractivity contribution in [1.29, 1.82) is 0 Å². The lowest BCUT2D eigenvalue weighted by atomic mass is 10.2. The number of methoxy groups -OCH3 is 2. The van der Waals surface area contributed by atoms with E-state index >= 15 is 0 Å². The molecule has 3 N–H and O–H groups in total. The number of hydrogen-bond donors (Lipinski definition) is 2. The third kappa shape index (κ3) is 3.13. The molecule has 1 amide bonds. The first-order valence-electron chi connectivity index (χ1n) is 8.74. The summed E-state index contributed by atoms with van der Waals surface area (Å²) in [5.41, 5.74) is 5.76. The molecule has 0 radical (unpaired) electrons. The van der Waals surface area contributed by atoms with Crippen molar-refractivity contribution >= 4 is 17.1 Å². The maximum absolute atomic E-state index is 13.3. The molecule has 0 unspecified atom stereocenters. The number of primary amides is 1. The van der Waals surface area contributed by atoms with E-state index < -0.39 is 17.4 Å². The topological polar surface area (TPSA) is 125 Å². The lowest BCUT2D eigenvalue weighted by molar-refractivity contribution is 0.0997. The number of benzene rings is 2. The van der Waals surface area contributed by atoms with Crippen LogP contribution < -0.4 is 20.9 Å². The molecular formula is C20H16FN5O4. The number of fused-ring (bicyclic) bond motifs is 1. The molecular weight excluding hydrogens is 393 g/mol. The average Bonchev–Trinajstić information content (AvgIpc) is 3.08. The quantitative estimate of drug-likeness (QED) is 0.520. The summed E-state index contributed by atoms with van der Waals surface area (Å²) in [6.45, 7) is 0. The van der Waals surface area contributed by atoms with Crippen LogP contribution in [0.4, 0.5) is 4.39 Å². The largest absolute Gasteiger partial charge is 0.497 e. The summed E-state index contributed by atoms with van der Waals surface area (Å²) in [7, 11) is 2.96. The standard InChI is InChI=1S/C20H16FN5O4/c1-29-12-7-8-13(14(9-12)30-2)26-19-16(24-20(26)28)15(17(22)27)23-18(25-19)10-3-5-11(21)6-4-10/h3-9H,1-2H3,(H2,22,27)(H,24,28). The van der Waals surface area contributed by atoms with Crippen molar-refractivity contribution in [2.45, 2.75) is 0 Å². The van der Waals surface area contributed by atoms with Crippen LogP contribution in [0.3, 0.4) is 0 Å². The van der Waals surface area contributed by atoms with Crippen LogP contribution in [0.25, 0.3) is 28.2 Å². The molecule has 0 aliphatic heterocycles. The van der Waals surface area contributed by atoms with E-state index in [1.54, 1.807) is 18.2 Å². The second-order valence-electron chi connectivity index (χ2n) is 6.27. The van der Waals surface area contributed by atoms with E-state index in [-0.39, 0.29) is 22.7 Å². The number of nitrogens with zero attached hydrogens (tertiary/aromatic N) is 3. The minimum atomic E-state index is -0.846. The lowest BCUT2D eigenvalue weighted by Crippen LogP contribution is -2.16. The maximum atomic E-state index is 13.3. The van der Waals surface area contributed by atoms with Crippen molar-refractivity contribution in [3.05, 3.63) is 64.5 Å². The van der Waals surface area contributed by atoms with Crippen LogP contribution >= 0.6 is 0 Å². The number of imidazole rings is 1. The molecule has 0 aliphatic carbocycles. The normalized spacial score (nSPS) is 10.9. The zero-order valence-electron chi connectivity index (χ0n) is 16.0. The Morgan fingerprint density at radius 1 is 1.10 bits per heavy atom. The summed E-state index contributed by atoms with van der Waals surface area (Å²) in [6.07, 6.45) is 0. The van der Waals surface area contributed by atoms with Crippen LogP contribution in [0, 0.1) is 5.82 Å². The van der Waals surface area contributed by atoms with Gasteiger partial charge in [-0.3, -0.25) is 4.79 Å². The van der Waals surface area contributed by atoms with Gasteiger partial charge in [0.15, 0.2) is 17.2 Å². The smallest absolute Gasteiger partial charge is 0.332 e. The zero-order valence-corrected chi connectivity index (χ0v) is 16.0. The van der Waals surface area contributed by atoms with E-state index in [1.165, 1.54) is 43.1 Å².